The Morgan fingerprint density at radius 3 is 2.93 bits per heavy atom. The summed E-state index contributed by atoms with van der Waals surface area (Å²) < 4.78 is 13.1. The number of aromatic nitrogens is 1. The zero-order valence-corrected chi connectivity index (χ0v) is 9.68. The van der Waals surface area contributed by atoms with E-state index in [0.29, 0.717) is 11.7 Å². The number of pyridine rings is 1. The number of carbonyl (C=O) groups excluding carboxylic acids is 1. The molecule has 0 amide bonds. The molecule has 0 aliphatic heterocycles. The van der Waals surface area contributed by atoms with Gasteiger partial charge in [-0.25, -0.2) is 4.39 Å². The van der Waals surface area contributed by atoms with E-state index in [1.165, 1.54) is 24.0 Å². The topological polar surface area (TPSA) is 30.0 Å². The van der Waals surface area contributed by atoms with Gasteiger partial charge in [-0.3, -0.25) is 9.78 Å². The van der Waals surface area contributed by atoms with Gasteiger partial charge in [-0.1, -0.05) is 13.8 Å². The van der Waals surface area contributed by atoms with Crippen LogP contribution in [0.2, 0.25) is 0 Å². The molecule has 0 spiro atoms. The molecule has 0 bridgehead atoms. The molecule has 0 aromatic carbocycles. The number of thioether (sulfide) groups is 1. The van der Waals surface area contributed by atoms with E-state index in [2.05, 4.69) is 18.8 Å². The SMILES string of the molecule is CC(C)CSCC(=O)c1ccncc1F. The Hall–Kier alpha value is -0.900. The largest absolute Gasteiger partial charge is 0.293 e. The van der Waals surface area contributed by atoms with E-state index in [-0.39, 0.29) is 11.3 Å². The third-order valence-corrected chi connectivity index (χ3v) is 3.13. The second kappa shape index (κ2) is 5.85. The maximum absolute atomic E-state index is 13.1. The van der Waals surface area contributed by atoms with Crippen LogP contribution >= 0.6 is 11.8 Å². The molecule has 82 valence electrons. The Balaban J connectivity index is 2.51. The van der Waals surface area contributed by atoms with Crippen LogP contribution in [-0.4, -0.2) is 22.3 Å². The predicted octanol–water partition coefficient (Wildman–Crippen LogP) is 2.79. The number of halogens is 1. The van der Waals surface area contributed by atoms with E-state index in [1.54, 1.807) is 0 Å². The van der Waals surface area contributed by atoms with Crippen molar-refractivity contribution in [3.63, 3.8) is 0 Å². The first kappa shape index (κ1) is 12.2. The Kier molecular flexibility index (Phi) is 4.75. The summed E-state index contributed by atoms with van der Waals surface area (Å²) in [5, 5.41) is 0. The van der Waals surface area contributed by atoms with Crippen molar-refractivity contribution in [2.45, 2.75) is 13.8 Å². The van der Waals surface area contributed by atoms with Crippen LogP contribution in [-0.2, 0) is 0 Å². The summed E-state index contributed by atoms with van der Waals surface area (Å²) in [6, 6.07) is 1.42. The Bertz CT molecular complexity index is 341. The number of nitrogens with zero attached hydrogens (tertiary/aromatic N) is 1. The maximum Gasteiger partial charge on any atom is 0.175 e. The van der Waals surface area contributed by atoms with Crippen molar-refractivity contribution in [2.75, 3.05) is 11.5 Å². The van der Waals surface area contributed by atoms with Crippen molar-refractivity contribution in [1.82, 2.24) is 4.98 Å². The molecule has 0 unspecified atom stereocenters. The normalized spacial score (nSPS) is 10.7. The minimum absolute atomic E-state index is 0.140. The smallest absolute Gasteiger partial charge is 0.175 e. The first-order valence-corrected chi connectivity index (χ1v) is 5.97. The van der Waals surface area contributed by atoms with Gasteiger partial charge in [0.15, 0.2) is 11.6 Å². The van der Waals surface area contributed by atoms with Gasteiger partial charge in [0.2, 0.25) is 0 Å². The van der Waals surface area contributed by atoms with Crippen molar-refractivity contribution in [2.24, 2.45) is 5.92 Å². The summed E-state index contributed by atoms with van der Waals surface area (Å²) in [5.41, 5.74) is 0.140. The average Bonchev–Trinajstić information content (AvgIpc) is 2.17. The number of ketones is 1. The van der Waals surface area contributed by atoms with E-state index in [4.69, 9.17) is 0 Å². The summed E-state index contributed by atoms with van der Waals surface area (Å²) in [6.07, 6.45) is 2.50. The standard InChI is InChI=1S/C11H14FNOS/c1-8(2)6-15-7-11(14)9-3-4-13-5-10(9)12/h3-5,8H,6-7H2,1-2H3. The summed E-state index contributed by atoms with van der Waals surface area (Å²) in [7, 11) is 0. The Labute approximate surface area is 93.3 Å². The first-order valence-electron chi connectivity index (χ1n) is 4.81. The van der Waals surface area contributed by atoms with Gasteiger partial charge in [0, 0.05) is 6.20 Å². The fraction of sp³-hybridized carbons (Fsp3) is 0.455. The number of carbonyl (C=O) groups is 1. The molecule has 0 radical (unpaired) electrons. The third kappa shape index (κ3) is 4.00. The second-order valence-corrected chi connectivity index (χ2v) is 4.72. The fourth-order valence-corrected chi connectivity index (χ4v) is 2.00. The highest BCUT2D eigenvalue weighted by atomic mass is 32.2. The minimum atomic E-state index is -0.535. The molecule has 0 saturated heterocycles. The molecular formula is C11H14FNOS. The van der Waals surface area contributed by atoms with E-state index < -0.39 is 5.82 Å². The minimum Gasteiger partial charge on any atom is -0.293 e. The summed E-state index contributed by atoms with van der Waals surface area (Å²) in [6.45, 7) is 4.18. The third-order valence-electron chi connectivity index (χ3n) is 1.76. The monoisotopic (exact) mass is 227 g/mol. The lowest BCUT2D eigenvalue weighted by molar-refractivity contribution is 0.101. The van der Waals surface area contributed by atoms with Crippen molar-refractivity contribution >= 4 is 17.5 Å². The van der Waals surface area contributed by atoms with Crippen LogP contribution in [0, 0.1) is 11.7 Å². The number of Topliss-reactive ketones (excluding diaryl/α,β-unsaturated/α-hetero) is 1. The molecule has 1 aromatic rings. The van der Waals surface area contributed by atoms with Crippen LogP contribution in [0.25, 0.3) is 0 Å². The number of hydrogen-bond donors (Lipinski definition) is 0. The molecule has 1 rings (SSSR count). The molecule has 0 aliphatic rings. The zero-order valence-electron chi connectivity index (χ0n) is 8.87. The zero-order chi connectivity index (χ0) is 11.3. The van der Waals surface area contributed by atoms with Crippen molar-refractivity contribution in [3.8, 4) is 0 Å². The molecular weight excluding hydrogens is 213 g/mol. The summed E-state index contributed by atoms with van der Waals surface area (Å²) >= 11 is 1.54. The van der Waals surface area contributed by atoms with Crippen molar-refractivity contribution in [1.29, 1.82) is 0 Å². The van der Waals surface area contributed by atoms with Gasteiger partial charge < -0.3 is 0 Å². The van der Waals surface area contributed by atoms with Crippen LogP contribution in [0.4, 0.5) is 4.39 Å². The first-order chi connectivity index (χ1) is 7.11. The highest BCUT2D eigenvalue weighted by Gasteiger charge is 2.11. The Morgan fingerprint density at radius 2 is 2.33 bits per heavy atom. The summed E-state index contributed by atoms with van der Waals surface area (Å²) in [4.78, 5) is 15.2. The van der Waals surface area contributed by atoms with Crippen LogP contribution in [0.15, 0.2) is 18.5 Å². The number of hydrogen-bond acceptors (Lipinski definition) is 3. The number of rotatable bonds is 5. The molecule has 1 heterocycles. The van der Waals surface area contributed by atoms with Crippen molar-refractivity contribution < 1.29 is 9.18 Å². The van der Waals surface area contributed by atoms with E-state index >= 15 is 0 Å². The highest BCUT2D eigenvalue weighted by molar-refractivity contribution is 7.99. The molecule has 0 N–H and O–H groups in total. The van der Waals surface area contributed by atoms with Gasteiger partial charge >= 0.3 is 0 Å². The van der Waals surface area contributed by atoms with Gasteiger partial charge in [-0.2, -0.15) is 11.8 Å². The van der Waals surface area contributed by atoms with E-state index in [1.807, 2.05) is 0 Å². The van der Waals surface area contributed by atoms with Gasteiger partial charge in [-0.05, 0) is 17.7 Å². The van der Waals surface area contributed by atoms with Gasteiger partial charge in [0.05, 0.1) is 17.5 Å². The molecule has 15 heavy (non-hydrogen) atoms. The highest BCUT2D eigenvalue weighted by Crippen LogP contribution is 2.12. The molecule has 2 nitrogen and oxygen atoms in total. The summed E-state index contributed by atoms with van der Waals surface area (Å²) in [5.74, 6) is 1.09. The maximum atomic E-state index is 13.1. The van der Waals surface area contributed by atoms with Crippen LogP contribution < -0.4 is 0 Å². The fourth-order valence-electron chi connectivity index (χ4n) is 1.07. The molecule has 1 aromatic heterocycles. The molecule has 4 heteroatoms. The van der Waals surface area contributed by atoms with E-state index in [0.717, 1.165) is 11.9 Å². The van der Waals surface area contributed by atoms with Gasteiger partial charge in [-0.15, -0.1) is 0 Å². The van der Waals surface area contributed by atoms with Crippen LogP contribution in [0.1, 0.15) is 24.2 Å². The quantitative estimate of drug-likeness (QED) is 0.724. The van der Waals surface area contributed by atoms with Gasteiger partial charge in [0.25, 0.3) is 0 Å². The predicted molar refractivity (Wildman–Crippen MR) is 60.7 cm³/mol. The average molecular weight is 227 g/mol. The molecule has 0 saturated carbocycles. The van der Waals surface area contributed by atoms with Crippen molar-refractivity contribution in [3.05, 3.63) is 29.8 Å². The van der Waals surface area contributed by atoms with Gasteiger partial charge in [0.1, 0.15) is 0 Å². The van der Waals surface area contributed by atoms with Crippen LogP contribution in [0.3, 0.4) is 0 Å². The lowest BCUT2D eigenvalue weighted by Crippen LogP contribution is -2.07. The molecule has 0 atom stereocenters. The molecule has 0 aliphatic carbocycles. The second-order valence-electron chi connectivity index (χ2n) is 3.69. The lowest BCUT2D eigenvalue weighted by Gasteiger charge is -2.04. The van der Waals surface area contributed by atoms with Crippen LogP contribution in [0.5, 0.6) is 0 Å². The molecule has 0 fully saturated rings. The lowest BCUT2D eigenvalue weighted by atomic mass is 10.2. The van der Waals surface area contributed by atoms with E-state index in [9.17, 15) is 9.18 Å². The Morgan fingerprint density at radius 1 is 1.60 bits per heavy atom.